The van der Waals surface area contributed by atoms with E-state index in [1.807, 2.05) is 0 Å². The first-order chi connectivity index (χ1) is 11.2. The Bertz CT molecular complexity index is 780. The minimum atomic E-state index is -0.216. The summed E-state index contributed by atoms with van der Waals surface area (Å²) in [6.45, 7) is 6.87. The molecule has 0 saturated carbocycles. The van der Waals surface area contributed by atoms with Gasteiger partial charge in [-0.15, -0.1) is 11.3 Å². The number of rotatable bonds is 2. The number of nitrogens with zero attached hydrogens (tertiary/aromatic N) is 1. The third kappa shape index (κ3) is 3.76. The van der Waals surface area contributed by atoms with E-state index in [2.05, 4.69) is 31.1 Å². The molecule has 128 valence electrons. The summed E-state index contributed by atoms with van der Waals surface area (Å²) in [5.74, 6) is 0.441. The van der Waals surface area contributed by atoms with Gasteiger partial charge in [-0.1, -0.05) is 44.0 Å². The lowest BCUT2D eigenvalue weighted by atomic mass is 9.73. The number of carbonyl (C=O) groups excluding carboxylic acids is 1. The maximum atomic E-state index is 12.4. The lowest BCUT2D eigenvalue weighted by Crippen LogP contribution is -2.26. The molecule has 2 aromatic rings. The van der Waals surface area contributed by atoms with Gasteiger partial charge in [0.1, 0.15) is 0 Å². The summed E-state index contributed by atoms with van der Waals surface area (Å²) >= 11 is 13.5. The maximum Gasteiger partial charge on any atom is 0.257 e. The van der Waals surface area contributed by atoms with Crippen LogP contribution in [0.4, 0.5) is 5.13 Å². The number of carbonyl (C=O) groups is 1. The summed E-state index contributed by atoms with van der Waals surface area (Å²) in [6, 6.07) is 4.86. The molecule has 1 amide bonds. The van der Waals surface area contributed by atoms with Crippen molar-refractivity contribution < 1.29 is 4.79 Å². The molecule has 1 aromatic heterocycles. The normalized spacial score (nSPS) is 17.5. The van der Waals surface area contributed by atoms with Crippen molar-refractivity contribution in [2.45, 2.75) is 40.0 Å². The summed E-state index contributed by atoms with van der Waals surface area (Å²) in [5.41, 5.74) is 1.90. The highest BCUT2D eigenvalue weighted by atomic mass is 35.5. The Labute approximate surface area is 156 Å². The topological polar surface area (TPSA) is 42.0 Å². The van der Waals surface area contributed by atoms with E-state index in [1.165, 1.54) is 4.88 Å². The Kier molecular flexibility index (Phi) is 4.92. The lowest BCUT2D eigenvalue weighted by molar-refractivity contribution is 0.102. The van der Waals surface area contributed by atoms with Gasteiger partial charge in [0.2, 0.25) is 0 Å². The fourth-order valence-corrected chi connectivity index (χ4v) is 4.36. The van der Waals surface area contributed by atoms with Crippen LogP contribution in [0.5, 0.6) is 0 Å². The highest BCUT2D eigenvalue weighted by Crippen LogP contribution is 2.40. The number of thiazole rings is 1. The first-order valence-corrected chi connectivity index (χ1v) is 9.56. The molecule has 1 atom stereocenters. The zero-order chi connectivity index (χ0) is 17.5. The van der Waals surface area contributed by atoms with Crippen molar-refractivity contribution in [2.24, 2.45) is 11.3 Å². The van der Waals surface area contributed by atoms with Crippen LogP contribution >= 0.6 is 34.5 Å². The predicted molar refractivity (Wildman–Crippen MR) is 101 cm³/mol. The highest BCUT2D eigenvalue weighted by molar-refractivity contribution is 7.15. The summed E-state index contributed by atoms with van der Waals surface area (Å²) in [4.78, 5) is 18.3. The van der Waals surface area contributed by atoms with Crippen molar-refractivity contribution in [2.75, 3.05) is 5.32 Å². The Morgan fingerprint density at radius 2 is 2.04 bits per heavy atom. The number of aryl methyl sites for hydroxylation is 1. The van der Waals surface area contributed by atoms with Crippen LogP contribution in [0.3, 0.4) is 0 Å². The number of halogens is 2. The van der Waals surface area contributed by atoms with Crippen molar-refractivity contribution in [1.29, 1.82) is 0 Å². The average Bonchev–Trinajstić information content (AvgIpc) is 2.90. The average molecular weight is 383 g/mol. The number of amides is 1. The van der Waals surface area contributed by atoms with Crippen LogP contribution in [-0.4, -0.2) is 10.9 Å². The van der Waals surface area contributed by atoms with Gasteiger partial charge in [-0.25, -0.2) is 4.98 Å². The van der Waals surface area contributed by atoms with E-state index in [4.69, 9.17) is 23.2 Å². The molecular formula is C18H20Cl2N2OS. The van der Waals surface area contributed by atoms with E-state index in [1.54, 1.807) is 29.5 Å². The molecular weight excluding hydrogens is 363 g/mol. The van der Waals surface area contributed by atoms with E-state index in [9.17, 15) is 4.79 Å². The van der Waals surface area contributed by atoms with E-state index < -0.39 is 0 Å². The minimum absolute atomic E-state index is 0.216. The third-order valence-electron chi connectivity index (χ3n) is 4.57. The van der Waals surface area contributed by atoms with Crippen LogP contribution in [0.15, 0.2) is 18.2 Å². The van der Waals surface area contributed by atoms with Gasteiger partial charge in [0.05, 0.1) is 15.7 Å². The fraction of sp³-hybridized carbons (Fsp3) is 0.444. The van der Waals surface area contributed by atoms with Crippen LogP contribution in [0.2, 0.25) is 10.0 Å². The third-order valence-corrected chi connectivity index (χ3v) is 6.34. The molecule has 1 aliphatic rings. The molecule has 0 bridgehead atoms. The molecule has 0 radical (unpaired) electrons. The van der Waals surface area contributed by atoms with Crippen LogP contribution in [0, 0.1) is 11.3 Å². The zero-order valence-electron chi connectivity index (χ0n) is 14.0. The van der Waals surface area contributed by atoms with Gasteiger partial charge in [0.25, 0.3) is 5.91 Å². The first-order valence-electron chi connectivity index (χ1n) is 7.99. The summed E-state index contributed by atoms with van der Waals surface area (Å²) in [7, 11) is 0. The van der Waals surface area contributed by atoms with Crippen molar-refractivity contribution in [1.82, 2.24) is 4.98 Å². The number of benzene rings is 1. The Hall–Kier alpha value is -1.10. The van der Waals surface area contributed by atoms with Gasteiger partial charge >= 0.3 is 0 Å². The predicted octanol–water partition coefficient (Wildman–Crippen LogP) is 5.85. The van der Waals surface area contributed by atoms with Gasteiger partial charge in [0.15, 0.2) is 5.13 Å². The second-order valence-corrected chi connectivity index (χ2v) is 9.18. The molecule has 0 spiro atoms. The summed E-state index contributed by atoms with van der Waals surface area (Å²) < 4.78 is 0. The molecule has 1 heterocycles. The van der Waals surface area contributed by atoms with Crippen LogP contribution in [0.25, 0.3) is 0 Å². The van der Waals surface area contributed by atoms with Crippen LogP contribution < -0.4 is 5.32 Å². The molecule has 1 N–H and O–H groups in total. The Morgan fingerprint density at radius 3 is 2.71 bits per heavy atom. The molecule has 1 aromatic carbocycles. The number of aromatic nitrogens is 1. The number of anilines is 1. The largest absolute Gasteiger partial charge is 0.298 e. The van der Waals surface area contributed by atoms with Gasteiger partial charge in [-0.3, -0.25) is 10.1 Å². The molecule has 3 nitrogen and oxygen atoms in total. The molecule has 1 unspecified atom stereocenters. The van der Waals surface area contributed by atoms with E-state index in [0.29, 0.717) is 32.1 Å². The van der Waals surface area contributed by atoms with E-state index in [-0.39, 0.29) is 5.91 Å². The second kappa shape index (κ2) is 6.66. The van der Waals surface area contributed by atoms with Crippen molar-refractivity contribution in [3.05, 3.63) is 44.4 Å². The fourth-order valence-electron chi connectivity index (χ4n) is 2.97. The SMILES string of the molecule is CC(C)(C)C1CCc2nc(NC(=O)c3ccc(Cl)c(Cl)c3)sc2C1. The van der Waals surface area contributed by atoms with Crippen molar-refractivity contribution in [3.63, 3.8) is 0 Å². The van der Waals surface area contributed by atoms with Gasteiger partial charge in [-0.05, 0) is 48.8 Å². The van der Waals surface area contributed by atoms with Gasteiger partial charge < -0.3 is 0 Å². The van der Waals surface area contributed by atoms with Crippen molar-refractivity contribution >= 4 is 45.6 Å². The smallest absolute Gasteiger partial charge is 0.257 e. The van der Waals surface area contributed by atoms with Gasteiger partial charge in [0, 0.05) is 10.4 Å². The number of hydrogen-bond acceptors (Lipinski definition) is 3. The first kappa shape index (κ1) is 17.7. The molecule has 24 heavy (non-hydrogen) atoms. The molecule has 0 aliphatic heterocycles. The zero-order valence-corrected chi connectivity index (χ0v) is 16.3. The van der Waals surface area contributed by atoms with Gasteiger partial charge in [-0.2, -0.15) is 0 Å². The minimum Gasteiger partial charge on any atom is -0.298 e. The summed E-state index contributed by atoms with van der Waals surface area (Å²) in [6.07, 6.45) is 3.18. The van der Waals surface area contributed by atoms with E-state index in [0.717, 1.165) is 25.0 Å². The van der Waals surface area contributed by atoms with Crippen LogP contribution in [0.1, 0.15) is 48.1 Å². The number of hydrogen-bond donors (Lipinski definition) is 1. The lowest BCUT2D eigenvalue weighted by Gasteiger charge is -2.33. The number of fused-ring (bicyclic) bond motifs is 1. The Morgan fingerprint density at radius 1 is 1.29 bits per heavy atom. The molecule has 1 aliphatic carbocycles. The maximum absolute atomic E-state index is 12.4. The molecule has 3 rings (SSSR count). The quantitative estimate of drug-likeness (QED) is 0.706. The number of nitrogens with one attached hydrogen (secondary N) is 1. The second-order valence-electron chi connectivity index (χ2n) is 7.28. The van der Waals surface area contributed by atoms with Crippen LogP contribution in [-0.2, 0) is 12.8 Å². The highest BCUT2D eigenvalue weighted by Gasteiger charge is 2.30. The summed E-state index contributed by atoms with van der Waals surface area (Å²) in [5, 5.41) is 4.35. The monoisotopic (exact) mass is 382 g/mol. The molecule has 0 fully saturated rings. The molecule has 0 saturated heterocycles. The van der Waals surface area contributed by atoms with E-state index >= 15 is 0 Å². The molecule has 6 heteroatoms. The standard InChI is InChI=1S/C18H20Cl2N2OS/c1-18(2,3)11-5-7-14-15(9-11)24-17(21-14)22-16(23)10-4-6-12(19)13(20)8-10/h4,6,8,11H,5,7,9H2,1-3H3,(H,21,22,23). The Balaban J connectivity index is 1.74. The van der Waals surface area contributed by atoms with Crippen molar-refractivity contribution in [3.8, 4) is 0 Å².